The minimum absolute atomic E-state index is 0.0892. The van der Waals surface area contributed by atoms with Crippen molar-refractivity contribution in [2.24, 2.45) is 0 Å². The molecule has 0 radical (unpaired) electrons. The van der Waals surface area contributed by atoms with E-state index in [-0.39, 0.29) is 5.91 Å². The van der Waals surface area contributed by atoms with E-state index in [0.29, 0.717) is 12.2 Å². The van der Waals surface area contributed by atoms with Crippen LogP contribution in [0.25, 0.3) is 0 Å². The maximum Gasteiger partial charge on any atom is 0.271 e. The molecule has 0 aliphatic heterocycles. The summed E-state index contributed by atoms with van der Waals surface area (Å²) in [5.74, 6) is -0.0892. The zero-order valence-electron chi connectivity index (χ0n) is 8.27. The third-order valence-electron chi connectivity index (χ3n) is 2.05. The lowest BCUT2D eigenvalue weighted by atomic mass is 10.3. The molecule has 15 heavy (non-hydrogen) atoms. The van der Waals surface area contributed by atoms with Gasteiger partial charge in [-0.25, -0.2) is 0 Å². The molecular weight excluding hydrogens is 194 g/mol. The van der Waals surface area contributed by atoms with E-state index in [1.54, 1.807) is 36.6 Å². The first-order valence-corrected chi connectivity index (χ1v) is 4.50. The number of hydrogen-bond donors (Lipinski definition) is 2. The normalized spacial score (nSPS) is 10.2. The van der Waals surface area contributed by atoms with Crippen molar-refractivity contribution in [3.8, 4) is 0 Å². The van der Waals surface area contributed by atoms with Crippen molar-refractivity contribution in [2.75, 3.05) is 7.05 Å². The van der Waals surface area contributed by atoms with Gasteiger partial charge in [-0.1, -0.05) is 0 Å². The SMILES string of the molecule is CN(Cc1cn[nH]c1)C(=O)c1ccn[nH]1. The Kier molecular flexibility index (Phi) is 2.49. The van der Waals surface area contributed by atoms with Crippen LogP contribution in [0, 0.1) is 0 Å². The number of nitrogens with zero attached hydrogens (tertiary/aromatic N) is 3. The summed E-state index contributed by atoms with van der Waals surface area (Å²) in [6.07, 6.45) is 5.01. The Bertz CT molecular complexity index is 419. The number of aromatic amines is 2. The minimum Gasteiger partial charge on any atom is -0.336 e. The maximum atomic E-state index is 11.8. The summed E-state index contributed by atoms with van der Waals surface area (Å²) in [7, 11) is 1.73. The molecule has 0 spiro atoms. The number of carbonyl (C=O) groups is 1. The Labute approximate surface area is 86.3 Å². The quantitative estimate of drug-likeness (QED) is 0.761. The van der Waals surface area contributed by atoms with Crippen molar-refractivity contribution in [3.05, 3.63) is 35.9 Å². The van der Waals surface area contributed by atoms with Crippen molar-refractivity contribution < 1.29 is 4.79 Å². The van der Waals surface area contributed by atoms with Gasteiger partial charge < -0.3 is 4.90 Å². The van der Waals surface area contributed by atoms with Crippen LogP contribution in [0.4, 0.5) is 0 Å². The van der Waals surface area contributed by atoms with Crippen LogP contribution in [0.5, 0.6) is 0 Å². The van der Waals surface area contributed by atoms with E-state index in [1.807, 2.05) is 0 Å². The van der Waals surface area contributed by atoms with Crippen molar-refractivity contribution in [2.45, 2.75) is 6.54 Å². The highest BCUT2D eigenvalue weighted by Crippen LogP contribution is 2.04. The van der Waals surface area contributed by atoms with E-state index in [4.69, 9.17) is 0 Å². The van der Waals surface area contributed by atoms with Crippen LogP contribution in [0.3, 0.4) is 0 Å². The van der Waals surface area contributed by atoms with E-state index in [9.17, 15) is 4.79 Å². The van der Waals surface area contributed by atoms with Gasteiger partial charge in [-0.3, -0.25) is 15.0 Å². The molecule has 2 aromatic rings. The second-order valence-electron chi connectivity index (χ2n) is 3.24. The van der Waals surface area contributed by atoms with E-state index in [1.165, 1.54) is 0 Å². The average molecular weight is 205 g/mol. The van der Waals surface area contributed by atoms with Crippen LogP contribution in [0.15, 0.2) is 24.7 Å². The van der Waals surface area contributed by atoms with Gasteiger partial charge in [0.1, 0.15) is 5.69 Å². The first-order valence-electron chi connectivity index (χ1n) is 4.50. The third kappa shape index (κ3) is 2.04. The summed E-state index contributed by atoms with van der Waals surface area (Å²) in [6, 6.07) is 1.65. The van der Waals surface area contributed by atoms with Crippen LogP contribution in [-0.2, 0) is 6.54 Å². The van der Waals surface area contributed by atoms with Crippen LogP contribution in [0.1, 0.15) is 16.1 Å². The number of aromatic nitrogens is 4. The van der Waals surface area contributed by atoms with Gasteiger partial charge in [-0.2, -0.15) is 10.2 Å². The van der Waals surface area contributed by atoms with Gasteiger partial charge in [0.15, 0.2) is 0 Å². The first-order chi connectivity index (χ1) is 7.27. The molecule has 0 unspecified atom stereocenters. The van der Waals surface area contributed by atoms with Gasteiger partial charge in [-0.05, 0) is 6.07 Å². The van der Waals surface area contributed by atoms with Crippen molar-refractivity contribution in [1.29, 1.82) is 0 Å². The number of hydrogen-bond acceptors (Lipinski definition) is 3. The molecule has 78 valence electrons. The van der Waals surface area contributed by atoms with E-state index in [2.05, 4.69) is 20.4 Å². The van der Waals surface area contributed by atoms with Gasteiger partial charge in [0.05, 0.1) is 6.20 Å². The molecule has 1 amide bonds. The molecule has 0 aliphatic carbocycles. The summed E-state index contributed by atoms with van der Waals surface area (Å²) in [4.78, 5) is 13.4. The number of nitrogens with one attached hydrogen (secondary N) is 2. The smallest absolute Gasteiger partial charge is 0.271 e. The zero-order chi connectivity index (χ0) is 10.7. The molecule has 2 N–H and O–H groups in total. The molecule has 2 aromatic heterocycles. The van der Waals surface area contributed by atoms with Gasteiger partial charge in [0.2, 0.25) is 0 Å². The highest BCUT2D eigenvalue weighted by Gasteiger charge is 2.13. The molecule has 0 atom stereocenters. The van der Waals surface area contributed by atoms with E-state index in [0.717, 1.165) is 5.56 Å². The fourth-order valence-electron chi connectivity index (χ4n) is 1.29. The predicted molar refractivity (Wildman–Crippen MR) is 53.0 cm³/mol. The van der Waals surface area contributed by atoms with Gasteiger partial charge in [0, 0.05) is 31.5 Å². The Balaban J connectivity index is 2.03. The first kappa shape index (κ1) is 9.45. The lowest BCUT2D eigenvalue weighted by Crippen LogP contribution is -2.26. The lowest BCUT2D eigenvalue weighted by Gasteiger charge is -2.14. The zero-order valence-corrected chi connectivity index (χ0v) is 8.27. The Morgan fingerprint density at radius 2 is 2.40 bits per heavy atom. The van der Waals surface area contributed by atoms with Crippen LogP contribution < -0.4 is 0 Å². The maximum absolute atomic E-state index is 11.8. The molecule has 0 saturated carbocycles. The minimum atomic E-state index is -0.0892. The van der Waals surface area contributed by atoms with Gasteiger partial charge >= 0.3 is 0 Å². The molecule has 2 rings (SSSR count). The summed E-state index contributed by atoms with van der Waals surface area (Å²) < 4.78 is 0. The van der Waals surface area contributed by atoms with Gasteiger partial charge in [-0.15, -0.1) is 0 Å². The Morgan fingerprint density at radius 3 is 3.00 bits per heavy atom. The highest BCUT2D eigenvalue weighted by molar-refractivity contribution is 5.91. The topological polar surface area (TPSA) is 77.7 Å². The number of amides is 1. The van der Waals surface area contributed by atoms with Gasteiger partial charge in [0.25, 0.3) is 5.91 Å². The van der Waals surface area contributed by atoms with Crippen molar-refractivity contribution in [1.82, 2.24) is 25.3 Å². The molecule has 6 nitrogen and oxygen atoms in total. The molecule has 0 bridgehead atoms. The molecule has 0 aromatic carbocycles. The Morgan fingerprint density at radius 1 is 1.53 bits per heavy atom. The van der Waals surface area contributed by atoms with E-state index >= 15 is 0 Å². The predicted octanol–water partition coefficient (Wildman–Crippen LogP) is 0.405. The van der Waals surface area contributed by atoms with Crippen LogP contribution >= 0.6 is 0 Å². The molecular formula is C9H11N5O. The summed E-state index contributed by atoms with van der Waals surface area (Å²) in [5.41, 5.74) is 1.45. The van der Waals surface area contributed by atoms with Crippen LogP contribution in [-0.4, -0.2) is 38.2 Å². The molecule has 0 saturated heterocycles. The van der Waals surface area contributed by atoms with E-state index < -0.39 is 0 Å². The fraction of sp³-hybridized carbons (Fsp3) is 0.222. The third-order valence-corrected chi connectivity index (χ3v) is 2.05. The van der Waals surface area contributed by atoms with Crippen molar-refractivity contribution in [3.63, 3.8) is 0 Å². The lowest BCUT2D eigenvalue weighted by molar-refractivity contribution is 0.0779. The number of rotatable bonds is 3. The second kappa shape index (κ2) is 3.95. The molecule has 0 aliphatic rings. The standard InChI is InChI=1S/C9H11N5O/c1-14(6-7-4-11-12-5-7)9(15)8-2-3-10-13-8/h2-5H,6H2,1H3,(H,10,13)(H,11,12). The summed E-state index contributed by atoms with van der Waals surface area (Å²) >= 11 is 0. The number of carbonyl (C=O) groups excluding carboxylic acids is 1. The van der Waals surface area contributed by atoms with Crippen molar-refractivity contribution >= 4 is 5.91 Å². The largest absolute Gasteiger partial charge is 0.336 e. The second-order valence-corrected chi connectivity index (χ2v) is 3.24. The summed E-state index contributed by atoms with van der Waals surface area (Å²) in [6.45, 7) is 0.522. The Hall–Kier alpha value is -2.11. The summed E-state index contributed by atoms with van der Waals surface area (Å²) in [5, 5.41) is 12.9. The highest BCUT2D eigenvalue weighted by atomic mass is 16.2. The molecule has 2 heterocycles. The van der Waals surface area contributed by atoms with Crippen LogP contribution in [0.2, 0.25) is 0 Å². The fourth-order valence-corrected chi connectivity index (χ4v) is 1.29. The number of H-pyrrole nitrogens is 2. The monoisotopic (exact) mass is 205 g/mol. The molecule has 6 heteroatoms. The molecule has 0 fully saturated rings. The average Bonchev–Trinajstić information content (AvgIpc) is 2.88.